The molecule has 2 amide bonds. The number of rotatable bonds is 3. The smallest absolute Gasteiger partial charge is 0.256 e. The fourth-order valence-corrected chi connectivity index (χ4v) is 3.06. The van der Waals surface area contributed by atoms with E-state index in [4.69, 9.17) is 12.2 Å². The molecule has 1 saturated heterocycles. The zero-order valence-corrected chi connectivity index (χ0v) is 14.4. The van der Waals surface area contributed by atoms with Crippen LogP contribution in [0.4, 0.5) is 4.39 Å². The Morgan fingerprint density at radius 3 is 2.40 bits per heavy atom. The first-order chi connectivity index (χ1) is 12.1. The molecule has 0 unspecified atom stereocenters. The number of H-pyrrole nitrogens is 1. The van der Waals surface area contributed by atoms with E-state index in [9.17, 15) is 14.0 Å². The summed E-state index contributed by atoms with van der Waals surface area (Å²) in [5.74, 6) is -0.639. The molecule has 0 bridgehead atoms. The Morgan fingerprint density at radius 1 is 1.04 bits per heavy atom. The van der Waals surface area contributed by atoms with Crippen molar-refractivity contribution in [3.05, 3.63) is 64.2 Å². The molecule has 7 heteroatoms. The zero-order valence-electron chi connectivity index (χ0n) is 13.6. The highest BCUT2D eigenvalue weighted by Gasteiger charge is 2.25. The van der Waals surface area contributed by atoms with Gasteiger partial charge in [-0.15, -0.1) is 0 Å². The van der Waals surface area contributed by atoms with Crippen LogP contribution in [0.2, 0.25) is 0 Å². The van der Waals surface area contributed by atoms with Crippen molar-refractivity contribution in [1.82, 2.24) is 14.8 Å². The number of pyridine rings is 1. The number of hydrogen-bond donors (Lipinski definition) is 1. The Balaban J connectivity index is 1.59. The van der Waals surface area contributed by atoms with Gasteiger partial charge >= 0.3 is 0 Å². The molecule has 0 radical (unpaired) electrons. The van der Waals surface area contributed by atoms with Crippen LogP contribution in [0.3, 0.4) is 0 Å². The van der Waals surface area contributed by atoms with Gasteiger partial charge in [0.05, 0.1) is 12.0 Å². The molecule has 1 N–H and O–H groups in total. The molecule has 2 heterocycles. The summed E-state index contributed by atoms with van der Waals surface area (Å²) in [5.41, 5.74) is 0.852. The normalized spacial score (nSPS) is 14.4. The van der Waals surface area contributed by atoms with Gasteiger partial charge in [-0.25, -0.2) is 4.39 Å². The fourth-order valence-electron chi connectivity index (χ4n) is 2.84. The highest BCUT2D eigenvalue weighted by Crippen LogP contribution is 2.12. The number of amides is 2. The summed E-state index contributed by atoms with van der Waals surface area (Å²) in [6, 6.07) is 9.70. The molecule has 1 aliphatic heterocycles. The number of nitrogens with zero attached hydrogens (tertiary/aromatic N) is 2. The second-order valence-corrected chi connectivity index (χ2v) is 6.26. The van der Waals surface area contributed by atoms with Crippen LogP contribution < -0.4 is 0 Å². The minimum atomic E-state index is -0.372. The van der Waals surface area contributed by atoms with Crippen LogP contribution in [0.5, 0.6) is 0 Å². The number of aromatic amines is 1. The molecule has 5 nitrogen and oxygen atoms in total. The Labute approximate surface area is 150 Å². The molecule has 130 valence electrons. The number of hydrogen-bond acceptors (Lipinski definition) is 3. The van der Waals surface area contributed by atoms with Gasteiger partial charge in [0.1, 0.15) is 10.5 Å². The van der Waals surface area contributed by atoms with Crippen molar-refractivity contribution < 1.29 is 14.0 Å². The van der Waals surface area contributed by atoms with Crippen LogP contribution in [-0.2, 0) is 11.2 Å². The summed E-state index contributed by atoms with van der Waals surface area (Å²) >= 11 is 5.14. The molecule has 0 spiro atoms. The predicted molar refractivity (Wildman–Crippen MR) is 94.2 cm³/mol. The van der Waals surface area contributed by atoms with E-state index in [0.29, 0.717) is 41.9 Å². The van der Waals surface area contributed by atoms with Crippen molar-refractivity contribution in [2.45, 2.75) is 6.42 Å². The van der Waals surface area contributed by atoms with Gasteiger partial charge in [-0.1, -0.05) is 30.4 Å². The third-order valence-electron chi connectivity index (χ3n) is 4.27. The van der Waals surface area contributed by atoms with Crippen LogP contribution >= 0.6 is 12.2 Å². The van der Waals surface area contributed by atoms with Crippen LogP contribution in [-0.4, -0.2) is 52.8 Å². The number of benzene rings is 1. The van der Waals surface area contributed by atoms with Crippen LogP contribution in [0.15, 0.2) is 42.6 Å². The lowest BCUT2D eigenvalue weighted by molar-refractivity contribution is -0.132. The first-order valence-corrected chi connectivity index (χ1v) is 8.45. The Morgan fingerprint density at radius 2 is 1.72 bits per heavy atom. The van der Waals surface area contributed by atoms with E-state index in [2.05, 4.69) is 4.98 Å². The molecule has 3 rings (SSSR count). The second-order valence-electron chi connectivity index (χ2n) is 5.85. The van der Waals surface area contributed by atoms with Crippen LogP contribution in [0, 0.1) is 10.5 Å². The molecule has 25 heavy (non-hydrogen) atoms. The number of carbonyl (C=O) groups excluding carboxylic acids is 2. The summed E-state index contributed by atoms with van der Waals surface area (Å²) in [6.07, 6.45) is 1.71. The largest absolute Gasteiger partial charge is 0.352 e. The van der Waals surface area contributed by atoms with E-state index >= 15 is 0 Å². The molecule has 1 aliphatic rings. The molecule has 1 aromatic carbocycles. The first-order valence-electron chi connectivity index (χ1n) is 8.04. The van der Waals surface area contributed by atoms with E-state index < -0.39 is 0 Å². The average molecular weight is 359 g/mol. The predicted octanol–water partition coefficient (Wildman–Crippen LogP) is 2.41. The topological polar surface area (TPSA) is 56.4 Å². The molecular formula is C18H18FN3O2S. The summed E-state index contributed by atoms with van der Waals surface area (Å²) in [4.78, 5) is 31.1. The Hall–Kier alpha value is -2.54. The number of carbonyl (C=O) groups is 2. The standard InChI is InChI=1S/C18H18FN3O2S/c19-15-6-2-1-4-13(15)12-16(23)21-8-10-22(11-9-21)18(24)14-5-3-7-20-17(14)25/h1-7H,8-12H2,(H,20,25). The van der Waals surface area contributed by atoms with Gasteiger partial charge in [-0.05, 0) is 23.8 Å². The van der Waals surface area contributed by atoms with E-state index in [1.165, 1.54) is 6.07 Å². The third kappa shape index (κ3) is 3.93. The van der Waals surface area contributed by atoms with E-state index in [0.717, 1.165) is 0 Å². The fraction of sp³-hybridized carbons (Fsp3) is 0.278. The number of piperazine rings is 1. The van der Waals surface area contributed by atoms with Crippen LogP contribution in [0.25, 0.3) is 0 Å². The number of aromatic nitrogens is 1. The lowest BCUT2D eigenvalue weighted by atomic mass is 10.1. The van der Waals surface area contributed by atoms with Crippen molar-refractivity contribution in [3.63, 3.8) is 0 Å². The monoisotopic (exact) mass is 359 g/mol. The highest BCUT2D eigenvalue weighted by molar-refractivity contribution is 7.71. The molecular weight excluding hydrogens is 341 g/mol. The Bertz CT molecular complexity index is 844. The average Bonchev–Trinajstić information content (AvgIpc) is 2.63. The van der Waals surface area contributed by atoms with Crippen molar-refractivity contribution in [2.24, 2.45) is 0 Å². The van der Waals surface area contributed by atoms with Gasteiger partial charge in [0, 0.05) is 32.4 Å². The van der Waals surface area contributed by atoms with Gasteiger partial charge in [0.2, 0.25) is 5.91 Å². The van der Waals surface area contributed by atoms with Gasteiger partial charge < -0.3 is 14.8 Å². The maximum Gasteiger partial charge on any atom is 0.256 e. The van der Waals surface area contributed by atoms with Gasteiger partial charge in [0.15, 0.2) is 0 Å². The molecule has 1 aromatic heterocycles. The molecule has 0 atom stereocenters. The molecule has 0 aliphatic carbocycles. The zero-order chi connectivity index (χ0) is 17.8. The van der Waals surface area contributed by atoms with Gasteiger partial charge in [-0.2, -0.15) is 0 Å². The molecule has 0 saturated carbocycles. The number of nitrogens with one attached hydrogen (secondary N) is 1. The summed E-state index contributed by atoms with van der Waals surface area (Å²) in [5, 5.41) is 0. The second kappa shape index (κ2) is 7.57. The van der Waals surface area contributed by atoms with E-state index in [1.54, 1.807) is 46.3 Å². The van der Waals surface area contributed by atoms with E-state index in [-0.39, 0.29) is 24.1 Å². The lowest BCUT2D eigenvalue weighted by Gasteiger charge is -2.35. The van der Waals surface area contributed by atoms with E-state index in [1.807, 2.05) is 0 Å². The van der Waals surface area contributed by atoms with Gasteiger partial charge in [0.25, 0.3) is 5.91 Å². The third-order valence-corrected chi connectivity index (χ3v) is 4.61. The molecule has 2 aromatic rings. The summed E-state index contributed by atoms with van der Waals surface area (Å²) < 4.78 is 14.1. The summed E-state index contributed by atoms with van der Waals surface area (Å²) in [6.45, 7) is 1.74. The lowest BCUT2D eigenvalue weighted by Crippen LogP contribution is -2.51. The minimum absolute atomic E-state index is 0.0323. The highest BCUT2D eigenvalue weighted by atomic mass is 32.1. The van der Waals surface area contributed by atoms with Gasteiger partial charge in [-0.3, -0.25) is 9.59 Å². The quantitative estimate of drug-likeness (QED) is 0.857. The first kappa shape index (κ1) is 17.3. The van der Waals surface area contributed by atoms with Crippen molar-refractivity contribution in [2.75, 3.05) is 26.2 Å². The molecule has 1 fully saturated rings. The van der Waals surface area contributed by atoms with Crippen LogP contribution in [0.1, 0.15) is 15.9 Å². The van der Waals surface area contributed by atoms with Crippen molar-refractivity contribution in [1.29, 1.82) is 0 Å². The maximum absolute atomic E-state index is 13.7. The maximum atomic E-state index is 13.7. The van der Waals surface area contributed by atoms with Crippen molar-refractivity contribution in [3.8, 4) is 0 Å². The Kier molecular flexibility index (Phi) is 5.23. The SMILES string of the molecule is O=C(Cc1ccccc1F)N1CCN(C(=O)c2ccc[nH]c2=S)CC1. The minimum Gasteiger partial charge on any atom is -0.352 e. The summed E-state index contributed by atoms with van der Waals surface area (Å²) in [7, 11) is 0. The van der Waals surface area contributed by atoms with Crippen molar-refractivity contribution >= 4 is 24.0 Å². The number of halogens is 1.